The van der Waals surface area contributed by atoms with E-state index in [-0.39, 0.29) is 42.7 Å². The number of carbonyl (C=O) groups excluding carboxylic acids is 3. The number of ether oxygens (including phenoxy) is 1. The Hall–Kier alpha value is -7.28. The smallest absolute Gasteiger partial charge is 0.333 e. The van der Waals surface area contributed by atoms with E-state index < -0.39 is 11.6 Å². The number of aromatic nitrogens is 6. The maximum Gasteiger partial charge on any atom is 0.333 e. The summed E-state index contributed by atoms with van der Waals surface area (Å²) in [5.41, 5.74) is 4.71. The average molecular weight is 782 g/mol. The van der Waals surface area contributed by atoms with Gasteiger partial charge in [-0.2, -0.15) is 0 Å². The third kappa shape index (κ3) is 6.63. The lowest BCUT2D eigenvalue weighted by Crippen LogP contribution is -2.52. The van der Waals surface area contributed by atoms with Crippen LogP contribution in [0, 0.1) is 12.8 Å². The second-order valence-corrected chi connectivity index (χ2v) is 15.3. The summed E-state index contributed by atoms with van der Waals surface area (Å²) in [5.74, 6) is 0.859. The van der Waals surface area contributed by atoms with Crippen LogP contribution in [0.5, 0.6) is 5.88 Å². The standard InChI is InChI=1S/C46H39N9O4/c1-29-19-20-47-42(50-29)36-22-37(36)44(57)52-39-23-40(49-28-48-39)59-27-35-25-53-24-31(30-17-18-30)21-38(43(53)51-35)54-26-41(56)55(45(54)58)46(32-11-5-2-6-12-32,33-13-7-3-8-14-33)34-15-9-4-10-16-34/h2-16,19-21,23-25,28,30,36-37H,17-18,22,26-27H2,1H3,(H,48,49,52,57)/t36-,37-/m0/s1. The van der Waals surface area contributed by atoms with E-state index in [1.165, 1.54) is 11.2 Å². The number of anilines is 2. The van der Waals surface area contributed by atoms with Gasteiger partial charge in [0.25, 0.3) is 5.91 Å². The van der Waals surface area contributed by atoms with Gasteiger partial charge in [0.15, 0.2) is 5.65 Å². The third-order valence-corrected chi connectivity index (χ3v) is 11.4. The second kappa shape index (κ2) is 14.6. The Morgan fingerprint density at radius 2 is 1.51 bits per heavy atom. The number of hydrogen-bond acceptors (Lipinski definition) is 9. The maximum absolute atomic E-state index is 15.1. The highest BCUT2D eigenvalue weighted by Gasteiger charge is 2.53. The molecule has 3 aromatic carbocycles. The number of imidazole rings is 1. The molecule has 1 N–H and O–H groups in total. The zero-order valence-corrected chi connectivity index (χ0v) is 32.2. The summed E-state index contributed by atoms with van der Waals surface area (Å²) in [4.78, 5) is 68.0. The van der Waals surface area contributed by atoms with Gasteiger partial charge in [-0.05, 0) is 66.5 Å². The van der Waals surface area contributed by atoms with Crippen molar-refractivity contribution in [2.24, 2.45) is 5.92 Å². The lowest BCUT2D eigenvalue weighted by atomic mass is 9.75. The number of imide groups is 1. The Kier molecular flexibility index (Phi) is 8.92. The van der Waals surface area contributed by atoms with E-state index in [2.05, 4.69) is 25.3 Å². The lowest BCUT2D eigenvalue weighted by Gasteiger charge is -2.42. The first kappa shape index (κ1) is 36.1. The number of urea groups is 1. The SMILES string of the molecule is Cc1ccnc([C@H]2C[C@@H]2C(=O)Nc2cc(OCc3cn4cc(C5CC5)cc(N5CC(=O)N(C(c6ccccc6)(c6ccccc6)c6ccccc6)C5=O)c4n3)ncn2)n1. The van der Waals surface area contributed by atoms with Crippen molar-refractivity contribution in [3.63, 3.8) is 0 Å². The number of pyridine rings is 1. The lowest BCUT2D eigenvalue weighted by molar-refractivity contribution is -0.127. The maximum atomic E-state index is 15.1. The number of rotatable bonds is 12. The summed E-state index contributed by atoms with van der Waals surface area (Å²) >= 11 is 0. The van der Waals surface area contributed by atoms with Crippen molar-refractivity contribution in [3.05, 3.63) is 174 Å². The van der Waals surface area contributed by atoms with Crippen LogP contribution in [0.2, 0.25) is 0 Å². The molecule has 0 unspecified atom stereocenters. The van der Waals surface area contributed by atoms with E-state index in [4.69, 9.17) is 9.72 Å². The molecule has 0 spiro atoms. The van der Waals surface area contributed by atoms with E-state index in [1.54, 1.807) is 17.2 Å². The molecule has 10 rings (SSSR count). The van der Waals surface area contributed by atoms with Crippen LogP contribution in [-0.4, -0.2) is 58.6 Å². The zero-order chi connectivity index (χ0) is 40.1. The molecule has 3 aliphatic rings. The predicted octanol–water partition coefficient (Wildman–Crippen LogP) is 7.18. The van der Waals surface area contributed by atoms with Crippen molar-refractivity contribution < 1.29 is 19.1 Å². The molecule has 0 radical (unpaired) electrons. The van der Waals surface area contributed by atoms with Crippen LogP contribution < -0.4 is 15.0 Å². The molecule has 2 saturated carbocycles. The van der Waals surface area contributed by atoms with Gasteiger partial charge in [-0.15, -0.1) is 0 Å². The first-order valence-electron chi connectivity index (χ1n) is 19.7. The predicted molar refractivity (Wildman–Crippen MR) is 219 cm³/mol. The molecule has 2 aliphatic carbocycles. The molecule has 13 nitrogen and oxygen atoms in total. The van der Waals surface area contributed by atoms with Gasteiger partial charge in [0, 0.05) is 42.2 Å². The van der Waals surface area contributed by atoms with Gasteiger partial charge in [-0.25, -0.2) is 34.6 Å². The van der Waals surface area contributed by atoms with Gasteiger partial charge in [0.1, 0.15) is 36.7 Å². The molecule has 1 aliphatic heterocycles. The van der Waals surface area contributed by atoms with Gasteiger partial charge < -0.3 is 14.5 Å². The minimum Gasteiger partial charge on any atom is -0.471 e. The second-order valence-electron chi connectivity index (χ2n) is 15.3. The molecular weight excluding hydrogens is 743 g/mol. The van der Waals surface area contributed by atoms with Crippen molar-refractivity contribution in [2.75, 3.05) is 16.8 Å². The molecule has 59 heavy (non-hydrogen) atoms. The van der Waals surface area contributed by atoms with E-state index in [0.29, 0.717) is 41.0 Å². The van der Waals surface area contributed by atoms with E-state index in [9.17, 15) is 9.59 Å². The summed E-state index contributed by atoms with van der Waals surface area (Å²) in [6, 6.07) is 34.1. The molecule has 292 valence electrons. The van der Waals surface area contributed by atoms with Crippen molar-refractivity contribution in [1.29, 1.82) is 0 Å². The normalized spacial score (nSPS) is 17.7. The first-order valence-corrected chi connectivity index (χ1v) is 19.7. The van der Waals surface area contributed by atoms with Crippen molar-refractivity contribution in [1.82, 2.24) is 34.2 Å². The largest absolute Gasteiger partial charge is 0.471 e. The summed E-state index contributed by atoms with van der Waals surface area (Å²) < 4.78 is 8.00. The molecule has 3 fully saturated rings. The Labute approximate surface area is 339 Å². The fourth-order valence-electron chi connectivity index (χ4n) is 8.28. The monoisotopic (exact) mass is 781 g/mol. The Morgan fingerprint density at radius 3 is 2.15 bits per heavy atom. The third-order valence-electron chi connectivity index (χ3n) is 11.4. The summed E-state index contributed by atoms with van der Waals surface area (Å²) in [6.07, 6.45) is 9.72. The number of fused-ring (bicyclic) bond motifs is 1. The topological polar surface area (TPSA) is 148 Å². The Morgan fingerprint density at radius 1 is 0.831 bits per heavy atom. The minimum atomic E-state index is -1.25. The summed E-state index contributed by atoms with van der Waals surface area (Å²) in [6.45, 7) is 1.79. The Balaban J connectivity index is 0.940. The Bertz CT molecular complexity index is 2630. The first-order chi connectivity index (χ1) is 28.9. The van der Waals surface area contributed by atoms with Crippen LogP contribution in [0.25, 0.3) is 5.65 Å². The number of nitrogens with zero attached hydrogens (tertiary/aromatic N) is 8. The van der Waals surface area contributed by atoms with Gasteiger partial charge in [0.2, 0.25) is 11.8 Å². The van der Waals surface area contributed by atoms with Crippen LogP contribution in [0.3, 0.4) is 0 Å². The molecule has 13 heteroatoms. The molecule has 5 heterocycles. The van der Waals surface area contributed by atoms with E-state index >= 15 is 4.79 Å². The zero-order valence-electron chi connectivity index (χ0n) is 32.2. The van der Waals surface area contributed by atoms with Crippen LogP contribution in [0.15, 0.2) is 134 Å². The van der Waals surface area contributed by atoms with Crippen molar-refractivity contribution in [3.8, 4) is 5.88 Å². The van der Waals surface area contributed by atoms with E-state index in [0.717, 1.165) is 40.8 Å². The highest BCUT2D eigenvalue weighted by Crippen LogP contribution is 2.48. The van der Waals surface area contributed by atoms with Crippen molar-refractivity contribution in [2.45, 2.75) is 50.2 Å². The number of hydrogen-bond donors (Lipinski definition) is 1. The quantitative estimate of drug-likeness (QED) is 0.101. The fraction of sp³-hybridized carbons (Fsp3) is 0.217. The van der Waals surface area contributed by atoms with Gasteiger partial charge in [-0.1, -0.05) is 91.0 Å². The summed E-state index contributed by atoms with van der Waals surface area (Å²) in [7, 11) is 0. The molecule has 1 saturated heterocycles. The average Bonchev–Trinajstić information content (AvgIpc) is 4.20. The van der Waals surface area contributed by atoms with Gasteiger partial charge in [-0.3, -0.25) is 14.5 Å². The van der Waals surface area contributed by atoms with Crippen LogP contribution in [-0.2, 0) is 21.7 Å². The highest BCUT2D eigenvalue weighted by molar-refractivity contribution is 6.15. The number of amides is 4. The molecule has 2 atom stereocenters. The summed E-state index contributed by atoms with van der Waals surface area (Å²) in [5, 5.41) is 2.88. The molecule has 4 amide bonds. The number of carbonyl (C=O) groups is 3. The van der Waals surface area contributed by atoms with Crippen LogP contribution >= 0.6 is 0 Å². The van der Waals surface area contributed by atoms with Gasteiger partial charge in [0.05, 0.1) is 11.4 Å². The van der Waals surface area contributed by atoms with Crippen LogP contribution in [0.4, 0.5) is 16.3 Å². The fourth-order valence-corrected chi connectivity index (χ4v) is 8.28. The number of benzene rings is 3. The molecular formula is C46H39N9O4. The minimum absolute atomic E-state index is 0.0241. The molecule has 7 aromatic rings. The highest BCUT2D eigenvalue weighted by atomic mass is 16.5. The van der Waals surface area contributed by atoms with Crippen molar-refractivity contribution >= 4 is 35.0 Å². The van der Waals surface area contributed by atoms with Gasteiger partial charge >= 0.3 is 6.03 Å². The number of aryl methyl sites for hydroxylation is 1. The van der Waals surface area contributed by atoms with E-state index in [1.807, 2.05) is 127 Å². The molecule has 4 aromatic heterocycles. The number of nitrogens with one attached hydrogen (secondary N) is 1. The molecule has 0 bridgehead atoms. The van der Waals surface area contributed by atoms with Crippen LogP contribution in [0.1, 0.15) is 70.6 Å².